The Morgan fingerprint density at radius 2 is 1.82 bits per heavy atom. The third-order valence-electron chi connectivity index (χ3n) is 3.76. The van der Waals surface area contributed by atoms with Crippen LogP contribution in [0.4, 0.5) is 0 Å². The molecule has 1 heterocycles. The van der Waals surface area contributed by atoms with Crippen molar-refractivity contribution in [2.24, 2.45) is 5.92 Å². The molecule has 4 nitrogen and oxygen atoms in total. The number of nitrogens with one attached hydrogen (secondary N) is 1. The minimum atomic E-state index is -0.179. The summed E-state index contributed by atoms with van der Waals surface area (Å²) >= 11 is 0. The van der Waals surface area contributed by atoms with Crippen LogP contribution in [-0.4, -0.2) is 24.1 Å². The van der Waals surface area contributed by atoms with Crippen LogP contribution in [0.2, 0.25) is 0 Å². The lowest BCUT2D eigenvalue weighted by atomic mass is 10.00. The van der Waals surface area contributed by atoms with Gasteiger partial charge in [0.1, 0.15) is 6.61 Å². The van der Waals surface area contributed by atoms with Crippen LogP contribution in [0.25, 0.3) is 0 Å². The molecule has 1 amide bonds. The van der Waals surface area contributed by atoms with Gasteiger partial charge in [0.05, 0.1) is 12.6 Å². The van der Waals surface area contributed by atoms with Crippen molar-refractivity contribution in [2.75, 3.05) is 13.2 Å². The Hall–Kier alpha value is -2.20. The molecule has 1 atom stereocenters. The Bertz CT molecular complexity index is 557. The molecule has 1 N–H and O–H groups in total. The van der Waals surface area contributed by atoms with Gasteiger partial charge in [0, 0.05) is 12.4 Å². The van der Waals surface area contributed by atoms with Crippen LogP contribution in [0.5, 0.6) is 0 Å². The molecule has 0 saturated heterocycles. The second kappa shape index (κ2) is 7.18. The normalized spacial score (nSPS) is 15.3. The van der Waals surface area contributed by atoms with E-state index >= 15 is 0 Å². The molecule has 2 aromatic rings. The maximum Gasteiger partial charge on any atom is 0.246 e. The van der Waals surface area contributed by atoms with E-state index in [1.807, 2.05) is 42.5 Å². The van der Waals surface area contributed by atoms with Gasteiger partial charge in [-0.25, -0.2) is 0 Å². The predicted octanol–water partition coefficient (Wildman–Crippen LogP) is 2.71. The standard InChI is InChI=1S/C18H20N2O2/c21-17(13-22-12-14-6-7-14)20-18(15-4-2-1-3-5-15)16-8-10-19-11-9-16/h1-5,8-11,14,18H,6-7,12-13H2,(H,20,21)/t18-/m0/s1. The topological polar surface area (TPSA) is 51.2 Å². The highest BCUT2D eigenvalue weighted by Gasteiger charge is 2.22. The number of carbonyl (C=O) groups excluding carboxylic acids is 1. The first-order valence-electron chi connectivity index (χ1n) is 7.65. The first-order valence-corrected chi connectivity index (χ1v) is 7.65. The largest absolute Gasteiger partial charge is 0.371 e. The Labute approximate surface area is 130 Å². The van der Waals surface area contributed by atoms with Crippen molar-refractivity contribution in [2.45, 2.75) is 18.9 Å². The van der Waals surface area contributed by atoms with E-state index in [9.17, 15) is 4.79 Å². The van der Waals surface area contributed by atoms with E-state index in [1.54, 1.807) is 12.4 Å². The van der Waals surface area contributed by atoms with Crippen LogP contribution in [-0.2, 0) is 9.53 Å². The zero-order valence-electron chi connectivity index (χ0n) is 12.4. The summed E-state index contributed by atoms with van der Waals surface area (Å²) in [6, 6.07) is 13.6. The summed E-state index contributed by atoms with van der Waals surface area (Å²) in [5, 5.41) is 3.05. The average molecular weight is 296 g/mol. The summed E-state index contributed by atoms with van der Waals surface area (Å²) in [4.78, 5) is 16.2. The van der Waals surface area contributed by atoms with E-state index < -0.39 is 0 Å². The average Bonchev–Trinajstić information content (AvgIpc) is 3.39. The zero-order valence-corrected chi connectivity index (χ0v) is 12.4. The number of nitrogens with zero attached hydrogens (tertiary/aromatic N) is 1. The minimum Gasteiger partial charge on any atom is -0.371 e. The highest BCUT2D eigenvalue weighted by atomic mass is 16.5. The number of hydrogen-bond donors (Lipinski definition) is 1. The SMILES string of the molecule is O=C(COCC1CC1)N[C@@H](c1ccccc1)c1ccncc1. The second-order valence-corrected chi connectivity index (χ2v) is 5.65. The van der Waals surface area contributed by atoms with Crippen LogP contribution in [0, 0.1) is 5.92 Å². The fourth-order valence-corrected chi connectivity index (χ4v) is 2.37. The summed E-state index contributed by atoms with van der Waals surface area (Å²) in [5.74, 6) is 0.573. The van der Waals surface area contributed by atoms with Crippen LogP contribution in [0.3, 0.4) is 0 Å². The summed E-state index contributed by atoms with van der Waals surface area (Å²) in [5.41, 5.74) is 2.06. The third-order valence-corrected chi connectivity index (χ3v) is 3.76. The molecule has 1 aromatic heterocycles. The second-order valence-electron chi connectivity index (χ2n) is 5.65. The Balaban J connectivity index is 1.67. The van der Waals surface area contributed by atoms with Crippen molar-refractivity contribution in [3.63, 3.8) is 0 Å². The van der Waals surface area contributed by atoms with E-state index in [1.165, 1.54) is 12.8 Å². The smallest absolute Gasteiger partial charge is 0.246 e. The number of amides is 1. The van der Waals surface area contributed by atoms with Crippen molar-refractivity contribution in [3.8, 4) is 0 Å². The molecule has 0 unspecified atom stereocenters. The first kappa shape index (κ1) is 14.7. The molecule has 22 heavy (non-hydrogen) atoms. The van der Waals surface area contributed by atoms with Gasteiger partial charge in [0.15, 0.2) is 0 Å². The molecular weight excluding hydrogens is 276 g/mol. The molecule has 1 aromatic carbocycles. The lowest BCUT2D eigenvalue weighted by Gasteiger charge is -2.19. The summed E-state index contributed by atoms with van der Waals surface area (Å²) in [7, 11) is 0. The van der Waals surface area contributed by atoms with E-state index in [0.29, 0.717) is 12.5 Å². The summed E-state index contributed by atoms with van der Waals surface area (Å²) in [6.07, 6.45) is 5.93. The molecule has 4 heteroatoms. The molecule has 1 saturated carbocycles. The highest BCUT2D eigenvalue weighted by Crippen LogP contribution is 2.28. The fourth-order valence-electron chi connectivity index (χ4n) is 2.37. The monoisotopic (exact) mass is 296 g/mol. The van der Waals surface area contributed by atoms with E-state index in [-0.39, 0.29) is 18.6 Å². The van der Waals surface area contributed by atoms with Crippen molar-refractivity contribution >= 4 is 5.91 Å². The molecule has 1 fully saturated rings. The molecular formula is C18H20N2O2. The van der Waals surface area contributed by atoms with Crippen molar-refractivity contribution < 1.29 is 9.53 Å². The van der Waals surface area contributed by atoms with E-state index in [0.717, 1.165) is 11.1 Å². The van der Waals surface area contributed by atoms with Gasteiger partial charge in [0.25, 0.3) is 0 Å². The molecule has 0 radical (unpaired) electrons. The number of pyridine rings is 1. The fraction of sp³-hybridized carbons (Fsp3) is 0.333. The number of aromatic nitrogens is 1. The minimum absolute atomic E-state index is 0.0914. The predicted molar refractivity (Wildman–Crippen MR) is 84.2 cm³/mol. The molecule has 114 valence electrons. The maximum absolute atomic E-state index is 12.2. The van der Waals surface area contributed by atoms with Gasteiger partial charge in [0.2, 0.25) is 5.91 Å². The third kappa shape index (κ3) is 4.15. The molecule has 0 bridgehead atoms. The van der Waals surface area contributed by atoms with Gasteiger partial charge < -0.3 is 10.1 Å². The Morgan fingerprint density at radius 3 is 2.50 bits per heavy atom. The molecule has 3 rings (SSSR count). The number of benzene rings is 1. The Kier molecular flexibility index (Phi) is 4.81. The van der Waals surface area contributed by atoms with Crippen molar-refractivity contribution in [1.29, 1.82) is 0 Å². The lowest BCUT2D eigenvalue weighted by molar-refractivity contribution is -0.126. The van der Waals surface area contributed by atoms with Gasteiger partial charge in [-0.1, -0.05) is 30.3 Å². The van der Waals surface area contributed by atoms with Gasteiger partial charge in [-0.3, -0.25) is 9.78 Å². The van der Waals surface area contributed by atoms with Crippen LogP contribution < -0.4 is 5.32 Å². The molecule has 0 aliphatic heterocycles. The molecule has 1 aliphatic rings. The van der Waals surface area contributed by atoms with Crippen LogP contribution >= 0.6 is 0 Å². The Morgan fingerprint density at radius 1 is 1.14 bits per heavy atom. The lowest BCUT2D eigenvalue weighted by Crippen LogP contribution is -2.32. The maximum atomic E-state index is 12.2. The van der Waals surface area contributed by atoms with Gasteiger partial charge in [-0.2, -0.15) is 0 Å². The first-order chi connectivity index (χ1) is 10.8. The number of ether oxygens (including phenoxy) is 1. The molecule has 1 aliphatic carbocycles. The highest BCUT2D eigenvalue weighted by molar-refractivity contribution is 5.78. The van der Waals surface area contributed by atoms with Crippen molar-refractivity contribution in [3.05, 3.63) is 66.0 Å². The number of carbonyl (C=O) groups is 1. The number of hydrogen-bond acceptors (Lipinski definition) is 3. The van der Waals surface area contributed by atoms with Gasteiger partial charge >= 0.3 is 0 Å². The van der Waals surface area contributed by atoms with Crippen molar-refractivity contribution in [1.82, 2.24) is 10.3 Å². The van der Waals surface area contributed by atoms with Gasteiger partial charge in [-0.15, -0.1) is 0 Å². The van der Waals surface area contributed by atoms with Crippen LogP contribution in [0.1, 0.15) is 30.0 Å². The van der Waals surface area contributed by atoms with Gasteiger partial charge in [-0.05, 0) is 42.0 Å². The summed E-state index contributed by atoms with van der Waals surface area (Å²) in [6.45, 7) is 0.809. The summed E-state index contributed by atoms with van der Waals surface area (Å²) < 4.78 is 5.47. The zero-order chi connectivity index (χ0) is 15.2. The van der Waals surface area contributed by atoms with E-state index in [4.69, 9.17) is 4.74 Å². The van der Waals surface area contributed by atoms with Crippen LogP contribution in [0.15, 0.2) is 54.9 Å². The number of rotatable bonds is 7. The quantitative estimate of drug-likeness (QED) is 0.854. The van der Waals surface area contributed by atoms with E-state index in [2.05, 4.69) is 10.3 Å². The molecule has 0 spiro atoms.